The van der Waals surface area contributed by atoms with E-state index in [2.05, 4.69) is 9.97 Å². The van der Waals surface area contributed by atoms with Crippen molar-refractivity contribution in [1.29, 1.82) is 0 Å². The molecular formula is C19H18Cl2N4O3. The van der Waals surface area contributed by atoms with Crippen LogP contribution in [0.4, 0.5) is 5.82 Å². The molecule has 7 nitrogen and oxygen atoms in total. The molecule has 0 amide bonds. The Kier molecular flexibility index (Phi) is 3.92. The van der Waals surface area contributed by atoms with Crippen molar-refractivity contribution >= 4 is 40.1 Å². The zero-order chi connectivity index (χ0) is 19.8. The molecule has 3 aromatic rings. The Hall–Kier alpha value is -1.90. The standard InChI is InChI=1S/C19H18Cl2N4O3/c20-11-2-1-8(5-12(11)21)15(27)19-6-10(19)13(14(26)16(19)28)25-4-3-9-17(22)23-7-24-18(9)25/h1-5,7,10,13-16,26-28H,6H2,(H2,22,23,24)/t10-,13-,14+,15+,16+,19-/m1/s1. The fraction of sp³-hybridized carbons (Fsp3) is 0.368. The molecule has 0 bridgehead atoms. The number of hydrogen-bond donors (Lipinski definition) is 4. The normalized spacial score (nSPS) is 32.5. The Morgan fingerprint density at radius 1 is 1.18 bits per heavy atom. The van der Waals surface area contributed by atoms with E-state index in [9.17, 15) is 15.3 Å². The molecule has 5 rings (SSSR count). The summed E-state index contributed by atoms with van der Waals surface area (Å²) in [5, 5.41) is 34.2. The maximum absolute atomic E-state index is 11.1. The van der Waals surface area contributed by atoms with Crippen molar-refractivity contribution in [3.05, 3.63) is 52.4 Å². The number of aliphatic hydroxyl groups excluding tert-OH is 3. The van der Waals surface area contributed by atoms with Gasteiger partial charge in [0.1, 0.15) is 23.9 Å². The summed E-state index contributed by atoms with van der Waals surface area (Å²) in [6, 6.07) is 6.27. The monoisotopic (exact) mass is 420 g/mol. The first-order valence-electron chi connectivity index (χ1n) is 8.92. The van der Waals surface area contributed by atoms with Crippen molar-refractivity contribution in [2.45, 2.75) is 30.8 Å². The van der Waals surface area contributed by atoms with E-state index >= 15 is 0 Å². The summed E-state index contributed by atoms with van der Waals surface area (Å²) in [5.41, 5.74) is 6.22. The lowest BCUT2D eigenvalue weighted by Crippen LogP contribution is -2.36. The minimum absolute atomic E-state index is 0.131. The molecule has 2 aliphatic rings. The number of aliphatic hydroxyl groups is 3. The lowest BCUT2D eigenvalue weighted by atomic mass is 9.88. The minimum Gasteiger partial charge on any atom is -0.390 e. The van der Waals surface area contributed by atoms with Crippen molar-refractivity contribution in [3.63, 3.8) is 0 Å². The highest BCUT2D eigenvalue weighted by atomic mass is 35.5. The molecule has 2 aliphatic carbocycles. The van der Waals surface area contributed by atoms with Gasteiger partial charge in [0, 0.05) is 11.6 Å². The molecule has 6 atom stereocenters. The second-order valence-electron chi connectivity index (χ2n) is 7.64. The van der Waals surface area contributed by atoms with Crippen LogP contribution in [-0.2, 0) is 0 Å². The van der Waals surface area contributed by atoms with Gasteiger partial charge in [0.25, 0.3) is 0 Å². The highest BCUT2D eigenvalue weighted by Gasteiger charge is 2.74. The quantitative estimate of drug-likeness (QED) is 0.516. The number of nitrogens with zero attached hydrogens (tertiary/aromatic N) is 3. The van der Waals surface area contributed by atoms with Crippen LogP contribution in [0.15, 0.2) is 36.8 Å². The number of anilines is 1. The van der Waals surface area contributed by atoms with E-state index in [1.807, 2.05) is 4.57 Å². The third-order valence-electron chi connectivity index (χ3n) is 6.37. The van der Waals surface area contributed by atoms with Gasteiger partial charge in [-0.15, -0.1) is 0 Å². The summed E-state index contributed by atoms with van der Waals surface area (Å²) in [4.78, 5) is 8.28. The molecule has 0 saturated heterocycles. The van der Waals surface area contributed by atoms with Crippen LogP contribution in [0.1, 0.15) is 24.1 Å². The van der Waals surface area contributed by atoms with E-state index in [1.165, 1.54) is 6.33 Å². The number of aromatic nitrogens is 3. The van der Waals surface area contributed by atoms with Crippen molar-refractivity contribution in [1.82, 2.24) is 14.5 Å². The van der Waals surface area contributed by atoms with Gasteiger partial charge >= 0.3 is 0 Å². The van der Waals surface area contributed by atoms with Gasteiger partial charge in [0.05, 0.1) is 33.7 Å². The number of halogens is 2. The fourth-order valence-corrected chi connectivity index (χ4v) is 5.21. The maximum atomic E-state index is 11.1. The van der Waals surface area contributed by atoms with Crippen molar-refractivity contribution in [3.8, 4) is 0 Å². The van der Waals surface area contributed by atoms with Gasteiger partial charge in [-0.3, -0.25) is 0 Å². The molecule has 2 fully saturated rings. The predicted octanol–water partition coefficient (Wildman–Crippen LogP) is 2.34. The Morgan fingerprint density at radius 2 is 1.96 bits per heavy atom. The third kappa shape index (κ3) is 2.28. The molecule has 5 N–H and O–H groups in total. The second-order valence-corrected chi connectivity index (χ2v) is 8.46. The predicted molar refractivity (Wildman–Crippen MR) is 105 cm³/mol. The molecule has 0 aliphatic heterocycles. The van der Waals surface area contributed by atoms with Gasteiger partial charge in [0.2, 0.25) is 0 Å². The summed E-state index contributed by atoms with van der Waals surface area (Å²) < 4.78 is 1.82. The highest BCUT2D eigenvalue weighted by Crippen LogP contribution is 2.72. The van der Waals surface area contributed by atoms with Gasteiger partial charge in [-0.05, 0) is 36.1 Å². The number of fused-ring (bicyclic) bond motifs is 2. The zero-order valence-electron chi connectivity index (χ0n) is 14.6. The first-order chi connectivity index (χ1) is 13.4. The third-order valence-corrected chi connectivity index (χ3v) is 7.11. The first-order valence-corrected chi connectivity index (χ1v) is 9.68. The highest BCUT2D eigenvalue weighted by molar-refractivity contribution is 6.42. The number of benzene rings is 1. The summed E-state index contributed by atoms with van der Waals surface area (Å²) in [6.45, 7) is 0. The van der Waals surface area contributed by atoms with Crippen LogP contribution >= 0.6 is 23.2 Å². The van der Waals surface area contributed by atoms with Crippen molar-refractivity contribution in [2.75, 3.05) is 5.73 Å². The second kappa shape index (κ2) is 6.05. The number of hydrogen-bond acceptors (Lipinski definition) is 6. The van der Waals surface area contributed by atoms with Gasteiger partial charge in [-0.1, -0.05) is 29.3 Å². The van der Waals surface area contributed by atoms with Crippen LogP contribution in [0.3, 0.4) is 0 Å². The molecule has 2 heterocycles. The average Bonchev–Trinajstić information content (AvgIpc) is 3.20. The molecule has 0 radical (unpaired) electrons. The summed E-state index contributed by atoms with van der Waals surface area (Å²) in [7, 11) is 0. The van der Waals surface area contributed by atoms with Crippen LogP contribution < -0.4 is 5.73 Å². The van der Waals surface area contributed by atoms with Crippen LogP contribution in [0.5, 0.6) is 0 Å². The van der Waals surface area contributed by atoms with Gasteiger partial charge in [0.15, 0.2) is 0 Å². The van der Waals surface area contributed by atoms with E-state index in [0.717, 1.165) is 0 Å². The number of nitrogen functional groups attached to an aromatic ring is 1. The fourth-order valence-electron chi connectivity index (χ4n) is 4.90. The van der Waals surface area contributed by atoms with E-state index in [-0.39, 0.29) is 5.92 Å². The molecule has 9 heteroatoms. The molecule has 0 unspecified atom stereocenters. The average molecular weight is 421 g/mol. The molecule has 0 spiro atoms. The van der Waals surface area contributed by atoms with E-state index in [0.29, 0.717) is 38.9 Å². The van der Waals surface area contributed by atoms with Crippen molar-refractivity contribution in [2.24, 2.45) is 11.3 Å². The topological polar surface area (TPSA) is 117 Å². The van der Waals surface area contributed by atoms with Crippen LogP contribution in [0.25, 0.3) is 11.0 Å². The molecule has 1 aromatic carbocycles. The molecule has 2 aromatic heterocycles. The summed E-state index contributed by atoms with van der Waals surface area (Å²) in [5.74, 6) is 0.225. The molecule has 28 heavy (non-hydrogen) atoms. The lowest BCUT2D eigenvalue weighted by Gasteiger charge is -2.27. The maximum Gasteiger partial charge on any atom is 0.145 e. The summed E-state index contributed by atoms with van der Waals surface area (Å²) in [6.07, 6.45) is 0.597. The Bertz CT molecular complexity index is 1090. The van der Waals surface area contributed by atoms with Gasteiger partial charge < -0.3 is 25.6 Å². The van der Waals surface area contributed by atoms with Crippen molar-refractivity contribution < 1.29 is 15.3 Å². The first kappa shape index (κ1) is 18.1. The van der Waals surface area contributed by atoms with Crippen LogP contribution in [0, 0.1) is 11.3 Å². The minimum atomic E-state index is -1.09. The number of nitrogens with two attached hydrogens (primary N) is 1. The number of rotatable bonds is 3. The Morgan fingerprint density at radius 3 is 2.71 bits per heavy atom. The smallest absolute Gasteiger partial charge is 0.145 e. The zero-order valence-corrected chi connectivity index (χ0v) is 16.1. The van der Waals surface area contributed by atoms with E-state index < -0.39 is 29.8 Å². The molecule has 146 valence electrons. The van der Waals surface area contributed by atoms with Gasteiger partial charge in [-0.25, -0.2) is 9.97 Å². The summed E-state index contributed by atoms with van der Waals surface area (Å²) >= 11 is 12.1. The van der Waals surface area contributed by atoms with Gasteiger partial charge in [-0.2, -0.15) is 0 Å². The molecule has 2 saturated carbocycles. The lowest BCUT2D eigenvalue weighted by molar-refractivity contribution is -0.0558. The largest absolute Gasteiger partial charge is 0.390 e. The van der Waals surface area contributed by atoms with Crippen LogP contribution in [0.2, 0.25) is 10.0 Å². The Labute approximate surface area is 170 Å². The van der Waals surface area contributed by atoms with Crippen LogP contribution in [-0.4, -0.2) is 42.1 Å². The SMILES string of the molecule is Nc1ncnc2c1ccn2[C@H]1[C@H](O)[C@H](O)[C@]2([C@@H](O)c3ccc(Cl)c(Cl)c3)C[C@H]12. The Balaban J connectivity index is 1.54. The molecular weight excluding hydrogens is 403 g/mol. The van der Waals surface area contributed by atoms with E-state index in [1.54, 1.807) is 30.5 Å². The van der Waals surface area contributed by atoms with E-state index in [4.69, 9.17) is 28.9 Å².